The standard InChI is InChI=1S/C14H11N3O2S/c18-13-11-9-3-6-19-7-10(9)20-14(11)17-12(16-13)8-1-4-15-5-2-8/h1-2,4-5H,3,6-7H2,(H,16,17,18). The lowest BCUT2D eigenvalue weighted by Crippen LogP contribution is -2.06. The van der Waals surface area contributed by atoms with Crippen LogP contribution in [0, 0.1) is 0 Å². The summed E-state index contributed by atoms with van der Waals surface area (Å²) < 4.78 is 5.45. The maximum atomic E-state index is 10.3. The highest BCUT2D eigenvalue weighted by molar-refractivity contribution is 7.18. The number of ether oxygens (including phenoxy) is 1. The van der Waals surface area contributed by atoms with Gasteiger partial charge in [0.1, 0.15) is 4.83 Å². The Morgan fingerprint density at radius 3 is 2.90 bits per heavy atom. The molecular weight excluding hydrogens is 274 g/mol. The van der Waals surface area contributed by atoms with Gasteiger partial charge in [-0.2, -0.15) is 4.98 Å². The Morgan fingerprint density at radius 1 is 1.20 bits per heavy atom. The normalized spacial score (nSPS) is 14.4. The molecule has 0 bridgehead atoms. The highest BCUT2D eigenvalue weighted by Crippen LogP contribution is 2.38. The molecule has 4 heterocycles. The molecule has 0 unspecified atom stereocenters. The fourth-order valence-corrected chi connectivity index (χ4v) is 3.59. The smallest absolute Gasteiger partial charge is 0.223 e. The van der Waals surface area contributed by atoms with Crippen molar-refractivity contribution in [2.75, 3.05) is 6.61 Å². The first-order valence-electron chi connectivity index (χ1n) is 6.32. The molecule has 0 aromatic carbocycles. The van der Waals surface area contributed by atoms with Crippen LogP contribution in [0.3, 0.4) is 0 Å². The maximum Gasteiger partial charge on any atom is 0.223 e. The van der Waals surface area contributed by atoms with Crippen molar-refractivity contribution in [3.8, 4) is 17.3 Å². The Labute approximate surface area is 118 Å². The predicted molar refractivity (Wildman–Crippen MR) is 75.7 cm³/mol. The molecule has 0 saturated heterocycles. The first-order chi connectivity index (χ1) is 9.83. The molecule has 6 heteroatoms. The number of pyridine rings is 1. The second kappa shape index (κ2) is 4.50. The molecule has 1 N–H and O–H groups in total. The summed E-state index contributed by atoms with van der Waals surface area (Å²) in [6, 6.07) is 3.66. The second-order valence-corrected chi connectivity index (χ2v) is 5.68. The van der Waals surface area contributed by atoms with Gasteiger partial charge in [-0.15, -0.1) is 11.3 Å². The lowest BCUT2D eigenvalue weighted by Gasteiger charge is -2.11. The fourth-order valence-electron chi connectivity index (χ4n) is 2.43. The van der Waals surface area contributed by atoms with Crippen molar-refractivity contribution in [1.82, 2.24) is 15.0 Å². The fraction of sp³-hybridized carbons (Fsp3) is 0.214. The van der Waals surface area contributed by atoms with Crippen molar-refractivity contribution in [1.29, 1.82) is 0 Å². The molecule has 0 aliphatic carbocycles. The van der Waals surface area contributed by atoms with E-state index in [9.17, 15) is 5.11 Å². The van der Waals surface area contributed by atoms with Gasteiger partial charge in [-0.3, -0.25) is 4.98 Å². The summed E-state index contributed by atoms with van der Waals surface area (Å²) in [5.41, 5.74) is 1.98. The average molecular weight is 285 g/mol. The number of aromatic nitrogens is 3. The summed E-state index contributed by atoms with van der Waals surface area (Å²) in [7, 11) is 0. The molecule has 1 aliphatic heterocycles. The minimum Gasteiger partial charge on any atom is -0.493 e. The number of fused-ring (bicyclic) bond motifs is 3. The van der Waals surface area contributed by atoms with Crippen molar-refractivity contribution in [2.24, 2.45) is 0 Å². The minimum absolute atomic E-state index is 0.0567. The summed E-state index contributed by atoms with van der Waals surface area (Å²) in [4.78, 5) is 14.7. The van der Waals surface area contributed by atoms with Crippen molar-refractivity contribution in [2.45, 2.75) is 13.0 Å². The molecule has 3 aromatic rings. The molecule has 0 atom stereocenters. The number of nitrogens with zero attached hydrogens (tertiary/aromatic N) is 3. The van der Waals surface area contributed by atoms with Gasteiger partial charge in [0.2, 0.25) is 5.88 Å². The van der Waals surface area contributed by atoms with Gasteiger partial charge in [0.15, 0.2) is 5.82 Å². The molecule has 4 rings (SSSR count). The monoisotopic (exact) mass is 285 g/mol. The van der Waals surface area contributed by atoms with E-state index in [1.165, 1.54) is 0 Å². The zero-order chi connectivity index (χ0) is 13.5. The van der Waals surface area contributed by atoms with E-state index in [1.807, 2.05) is 12.1 Å². The SMILES string of the molecule is Oc1nc(-c2ccncc2)nc2sc3c(c12)CCOC3. The van der Waals surface area contributed by atoms with Crippen LogP contribution < -0.4 is 0 Å². The summed E-state index contributed by atoms with van der Waals surface area (Å²) in [6.07, 6.45) is 4.18. The Kier molecular flexibility index (Phi) is 2.64. The summed E-state index contributed by atoms with van der Waals surface area (Å²) in [5, 5.41) is 11.0. The lowest BCUT2D eigenvalue weighted by molar-refractivity contribution is 0.114. The van der Waals surface area contributed by atoms with E-state index < -0.39 is 0 Å². The van der Waals surface area contributed by atoms with Crippen molar-refractivity contribution in [3.05, 3.63) is 35.0 Å². The van der Waals surface area contributed by atoms with Crippen molar-refractivity contribution in [3.63, 3.8) is 0 Å². The van der Waals surface area contributed by atoms with E-state index in [2.05, 4.69) is 15.0 Å². The second-order valence-electron chi connectivity index (χ2n) is 4.59. The predicted octanol–water partition coefficient (Wildman–Crippen LogP) is 2.53. The summed E-state index contributed by atoms with van der Waals surface area (Å²) >= 11 is 1.57. The number of hydrogen-bond acceptors (Lipinski definition) is 6. The van der Waals surface area contributed by atoms with E-state index in [0.717, 1.165) is 32.6 Å². The van der Waals surface area contributed by atoms with Crippen LogP contribution in [0.5, 0.6) is 5.88 Å². The van der Waals surface area contributed by atoms with Crippen LogP contribution in [0.2, 0.25) is 0 Å². The van der Waals surface area contributed by atoms with Gasteiger partial charge in [-0.25, -0.2) is 4.98 Å². The van der Waals surface area contributed by atoms with E-state index in [0.29, 0.717) is 19.0 Å². The minimum atomic E-state index is 0.0567. The van der Waals surface area contributed by atoms with Gasteiger partial charge in [0, 0.05) is 22.8 Å². The van der Waals surface area contributed by atoms with Gasteiger partial charge < -0.3 is 9.84 Å². The number of aromatic hydroxyl groups is 1. The molecule has 0 spiro atoms. The Morgan fingerprint density at radius 2 is 2.05 bits per heavy atom. The molecular formula is C14H11N3O2S. The molecule has 0 amide bonds. The molecule has 100 valence electrons. The van der Waals surface area contributed by atoms with Gasteiger partial charge >= 0.3 is 0 Å². The molecule has 0 saturated carbocycles. The van der Waals surface area contributed by atoms with Crippen LogP contribution in [-0.2, 0) is 17.8 Å². The van der Waals surface area contributed by atoms with E-state index in [4.69, 9.17) is 4.74 Å². The van der Waals surface area contributed by atoms with Crippen LogP contribution in [0.15, 0.2) is 24.5 Å². The lowest BCUT2D eigenvalue weighted by atomic mass is 10.1. The van der Waals surface area contributed by atoms with Crippen molar-refractivity contribution >= 4 is 21.6 Å². The quantitative estimate of drug-likeness (QED) is 0.744. The largest absolute Gasteiger partial charge is 0.493 e. The van der Waals surface area contributed by atoms with Crippen molar-refractivity contribution < 1.29 is 9.84 Å². The van der Waals surface area contributed by atoms with Gasteiger partial charge in [0.25, 0.3) is 0 Å². The summed E-state index contributed by atoms with van der Waals surface area (Å²) in [5.74, 6) is 0.582. The highest BCUT2D eigenvalue weighted by Gasteiger charge is 2.21. The number of thiophene rings is 1. The molecule has 0 radical (unpaired) electrons. The third kappa shape index (κ3) is 1.76. The van der Waals surface area contributed by atoms with Crippen LogP contribution in [0.25, 0.3) is 21.6 Å². The highest BCUT2D eigenvalue weighted by atomic mass is 32.1. The topological polar surface area (TPSA) is 68.1 Å². The first kappa shape index (κ1) is 11.7. The van der Waals surface area contributed by atoms with Crippen LogP contribution in [0.4, 0.5) is 0 Å². The molecule has 0 fully saturated rings. The molecule has 3 aromatic heterocycles. The molecule has 1 aliphatic rings. The van der Waals surface area contributed by atoms with Crippen LogP contribution in [0.1, 0.15) is 10.4 Å². The Balaban J connectivity index is 1.95. The Bertz CT molecular complexity index is 786. The number of hydrogen-bond donors (Lipinski definition) is 1. The summed E-state index contributed by atoms with van der Waals surface area (Å²) in [6.45, 7) is 1.28. The van der Waals surface area contributed by atoms with E-state index in [-0.39, 0.29) is 5.88 Å². The van der Waals surface area contributed by atoms with E-state index in [1.54, 1.807) is 23.7 Å². The zero-order valence-corrected chi connectivity index (χ0v) is 11.4. The van der Waals surface area contributed by atoms with Gasteiger partial charge in [-0.05, 0) is 24.1 Å². The maximum absolute atomic E-state index is 10.3. The van der Waals surface area contributed by atoms with Gasteiger partial charge in [-0.1, -0.05) is 0 Å². The molecule has 5 nitrogen and oxygen atoms in total. The number of rotatable bonds is 1. The van der Waals surface area contributed by atoms with Crippen LogP contribution in [-0.4, -0.2) is 26.7 Å². The average Bonchev–Trinajstić information content (AvgIpc) is 2.87. The van der Waals surface area contributed by atoms with E-state index >= 15 is 0 Å². The van der Waals surface area contributed by atoms with Gasteiger partial charge in [0.05, 0.1) is 18.6 Å². The first-order valence-corrected chi connectivity index (χ1v) is 7.14. The van der Waals surface area contributed by atoms with Crippen LogP contribution >= 0.6 is 11.3 Å². The zero-order valence-electron chi connectivity index (χ0n) is 10.5. The molecule has 20 heavy (non-hydrogen) atoms. The Hall–Kier alpha value is -2.05. The third-order valence-electron chi connectivity index (χ3n) is 3.38. The third-order valence-corrected chi connectivity index (χ3v) is 4.48.